The Morgan fingerprint density at radius 2 is 1.90 bits per heavy atom. The SMILES string of the molecule is CC1CCN(c2cnc(C(=O)NCc3ccc4[nH]c(C(F)(F)F)cc4c3)nc2)CC1. The normalized spacial score (nSPS) is 15.5. The first-order valence-electron chi connectivity index (χ1n) is 9.83. The second kappa shape index (κ2) is 7.97. The molecule has 2 aromatic heterocycles. The standard InChI is InChI=1S/C21H22F3N5O/c1-13-4-6-29(7-5-13)16-11-25-19(26-12-16)20(30)27-10-14-2-3-17-15(8-14)9-18(28-17)21(22,23)24/h2-3,8-9,11-13,28H,4-7,10H2,1H3,(H,27,30). The molecule has 0 radical (unpaired) electrons. The lowest BCUT2D eigenvalue weighted by atomic mass is 9.99. The topological polar surface area (TPSA) is 73.9 Å². The fourth-order valence-corrected chi connectivity index (χ4v) is 3.57. The Kier molecular flexibility index (Phi) is 5.36. The Bertz CT molecular complexity index is 1040. The van der Waals surface area contributed by atoms with Gasteiger partial charge in [-0.25, -0.2) is 9.97 Å². The molecule has 1 saturated heterocycles. The zero-order valence-corrected chi connectivity index (χ0v) is 16.5. The van der Waals surface area contributed by atoms with E-state index in [4.69, 9.17) is 0 Å². The van der Waals surface area contributed by atoms with Crippen LogP contribution in [-0.4, -0.2) is 33.9 Å². The van der Waals surface area contributed by atoms with Gasteiger partial charge in [0, 0.05) is 30.5 Å². The molecule has 4 rings (SSSR count). The highest BCUT2D eigenvalue weighted by Gasteiger charge is 2.32. The Labute approximate surface area is 171 Å². The van der Waals surface area contributed by atoms with Gasteiger partial charge in [0.1, 0.15) is 5.69 Å². The number of aromatic amines is 1. The first-order chi connectivity index (χ1) is 14.3. The lowest BCUT2D eigenvalue weighted by molar-refractivity contribution is -0.140. The monoisotopic (exact) mass is 417 g/mol. The summed E-state index contributed by atoms with van der Waals surface area (Å²) in [5, 5.41) is 3.15. The van der Waals surface area contributed by atoms with Crippen LogP contribution in [-0.2, 0) is 12.7 Å². The number of hydrogen-bond acceptors (Lipinski definition) is 4. The van der Waals surface area contributed by atoms with Gasteiger partial charge in [0.2, 0.25) is 5.82 Å². The third kappa shape index (κ3) is 4.39. The van der Waals surface area contributed by atoms with Crippen LogP contribution in [0.5, 0.6) is 0 Å². The molecule has 1 fully saturated rings. The number of hydrogen-bond donors (Lipinski definition) is 2. The van der Waals surface area contributed by atoms with Crippen molar-refractivity contribution in [1.82, 2.24) is 20.3 Å². The van der Waals surface area contributed by atoms with Crippen LogP contribution in [0.15, 0.2) is 36.7 Å². The second-order valence-corrected chi connectivity index (χ2v) is 7.72. The highest BCUT2D eigenvalue weighted by Crippen LogP contribution is 2.31. The zero-order valence-electron chi connectivity index (χ0n) is 16.5. The predicted molar refractivity (Wildman–Crippen MR) is 107 cm³/mol. The van der Waals surface area contributed by atoms with E-state index in [1.54, 1.807) is 30.6 Å². The Hall–Kier alpha value is -3.10. The van der Waals surface area contributed by atoms with Crippen LogP contribution in [0.1, 0.15) is 41.6 Å². The molecule has 0 aliphatic carbocycles. The molecule has 0 spiro atoms. The molecule has 0 atom stereocenters. The molecule has 9 heteroatoms. The lowest BCUT2D eigenvalue weighted by Gasteiger charge is -2.31. The number of piperidine rings is 1. The summed E-state index contributed by atoms with van der Waals surface area (Å²) in [4.78, 5) is 25.2. The molecule has 30 heavy (non-hydrogen) atoms. The minimum Gasteiger partial charge on any atom is -0.369 e. The minimum absolute atomic E-state index is 0.0613. The number of H-pyrrole nitrogens is 1. The molecular weight excluding hydrogens is 395 g/mol. The summed E-state index contributed by atoms with van der Waals surface area (Å²) >= 11 is 0. The van der Waals surface area contributed by atoms with Crippen LogP contribution in [0.25, 0.3) is 10.9 Å². The first-order valence-corrected chi connectivity index (χ1v) is 9.83. The molecule has 0 bridgehead atoms. The number of benzene rings is 1. The summed E-state index contributed by atoms with van der Waals surface area (Å²) in [6, 6.07) is 5.91. The number of halogens is 3. The van der Waals surface area contributed by atoms with Crippen molar-refractivity contribution in [3.05, 3.63) is 53.7 Å². The molecule has 3 heterocycles. The van der Waals surface area contributed by atoms with E-state index in [0.717, 1.165) is 43.6 Å². The van der Waals surface area contributed by atoms with Crippen LogP contribution in [0.3, 0.4) is 0 Å². The van der Waals surface area contributed by atoms with Crippen molar-refractivity contribution in [3.8, 4) is 0 Å². The summed E-state index contributed by atoms with van der Waals surface area (Å²) < 4.78 is 38.5. The van der Waals surface area contributed by atoms with Gasteiger partial charge in [-0.3, -0.25) is 4.79 Å². The summed E-state index contributed by atoms with van der Waals surface area (Å²) in [6.07, 6.45) is 1.13. The maximum Gasteiger partial charge on any atom is 0.431 e. The van der Waals surface area contributed by atoms with Crippen molar-refractivity contribution in [2.24, 2.45) is 5.92 Å². The number of nitrogens with zero attached hydrogens (tertiary/aromatic N) is 3. The molecule has 2 N–H and O–H groups in total. The molecule has 1 aromatic carbocycles. The smallest absolute Gasteiger partial charge is 0.369 e. The van der Waals surface area contributed by atoms with E-state index in [-0.39, 0.29) is 12.4 Å². The molecule has 0 saturated carbocycles. The molecule has 1 amide bonds. The number of carbonyl (C=O) groups is 1. The van der Waals surface area contributed by atoms with Gasteiger partial charge in [-0.15, -0.1) is 0 Å². The number of nitrogens with one attached hydrogen (secondary N) is 2. The number of alkyl halides is 3. The maximum atomic E-state index is 12.8. The average molecular weight is 417 g/mol. The van der Waals surface area contributed by atoms with Crippen molar-refractivity contribution in [2.75, 3.05) is 18.0 Å². The molecule has 1 aliphatic rings. The Balaban J connectivity index is 1.38. The number of anilines is 1. The Morgan fingerprint density at radius 3 is 2.57 bits per heavy atom. The van der Waals surface area contributed by atoms with Gasteiger partial charge in [-0.05, 0) is 42.5 Å². The molecule has 0 unspecified atom stereocenters. The van der Waals surface area contributed by atoms with Crippen LogP contribution < -0.4 is 10.2 Å². The van der Waals surface area contributed by atoms with Gasteiger partial charge in [0.25, 0.3) is 5.91 Å². The van der Waals surface area contributed by atoms with Crippen molar-refractivity contribution in [1.29, 1.82) is 0 Å². The van der Waals surface area contributed by atoms with Gasteiger partial charge in [0.15, 0.2) is 0 Å². The fraction of sp³-hybridized carbons (Fsp3) is 0.381. The highest BCUT2D eigenvalue weighted by atomic mass is 19.4. The summed E-state index contributed by atoms with van der Waals surface area (Å²) in [6.45, 7) is 4.31. The Morgan fingerprint density at radius 1 is 1.20 bits per heavy atom. The van der Waals surface area contributed by atoms with Gasteiger partial charge in [-0.1, -0.05) is 13.0 Å². The third-order valence-electron chi connectivity index (χ3n) is 5.43. The number of rotatable bonds is 4. The van der Waals surface area contributed by atoms with Gasteiger partial charge >= 0.3 is 6.18 Å². The van der Waals surface area contributed by atoms with Crippen LogP contribution >= 0.6 is 0 Å². The fourth-order valence-electron chi connectivity index (χ4n) is 3.57. The zero-order chi connectivity index (χ0) is 21.3. The summed E-state index contributed by atoms with van der Waals surface area (Å²) in [5.41, 5.74) is 1.18. The van der Waals surface area contributed by atoms with Gasteiger partial charge in [0.05, 0.1) is 18.1 Å². The van der Waals surface area contributed by atoms with Crippen LogP contribution in [0, 0.1) is 5.92 Å². The average Bonchev–Trinajstić information content (AvgIpc) is 3.17. The second-order valence-electron chi connectivity index (χ2n) is 7.72. The number of carbonyl (C=O) groups excluding carboxylic acids is 1. The van der Waals surface area contributed by atoms with E-state index in [2.05, 4.69) is 32.1 Å². The number of fused-ring (bicyclic) bond motifs is 1. The molecule has 3 aromatic rings. The van der Waals surface area contributed by atoms with E-state index in [1.807, 2.05) is 0 Å². The van der Waals surface area contributed by atoms with Crippen molar-refractivity contribution < 1.29 is 18.0 Å². The molecule has 6 nitrogen and oxygen atoms in total. The third-order valence-corrected chi connectivity index (χ3v) is 5.43. The molecule has 158 valence electrons. The highest BCUT2D eigenvalue weighted by molar-refractivity contribution is 5.90. The van der Waals surface area contributed by atoms with Crippen molar-refractivity contribution in [2.45, 2.75) is 32.5 Å². The molecule has 1 aliphatic heterocycles. The largest absolute Gasteiger partial charge is 0.431 e. The summed E-state index contributed by atoms with van der Waals surface area (Å²) in [5.74, 6) is 0.350. The van der Waals surface area contributed by atoms with Gasteiger partial charge in [-0.2, -0.15) is 13.2 Å². The van der Waals surface area contributed by atoms with E-state index >= 15 is 0 Å². The predicted octanol–water partition coefficient (Wildman–Crippen LogP) is 4.14. The molecular formula is C21H22F3N5O. The van der Waals surface area contributed by atoms with E-state index < -0.39 is 17.8 Å². The quantitative estimate of drug-likeness (QED) is 0.669. The van der Waals surface area contributed by atoms with E-state index in [1.165, 1.54) is 0 Å². The lowest BCUT2D eigenvalue weighted by Crippen LogP contribution is -2.33. The van der Waals surface area contributed by atoms with Crippen molar-refractivity contribution in [3.63, 3.8) is 0 Å². The maximum absolute atomic E-state index is 12.8. The van der Waals surface area contributed by atoms with Crippen LogP contribution in [0.4, 0.5) is 18.9 Å². The van der Waals surface area contributed by atoms with Crippen LogP contribution in [0.2, 0.25) is 0 Å². The van der Waals surface area contributed by atoms with Crippen molar-refractivity contribution >= 4 is 22.5 Å². The number of amides is 1. The summed E-state index contributed by atoms with van der Waals surface area (Å²) in [7, 11) is 0. The minimum atomic E-state index is -4.43. The van der Waals surface area contributed by atoms with Gasteiger partial charge < -0.3 is 15.2 Å². The number of aromatic nitrogens is 3. The first kappa shape index (κ1) is 20.2. The van der Waals surface area contributed by atoms with E-state index in [0.29, 0.717) is 16.5 Å². The van der Waals surface area contributed by atoms with E-state index in [9.17, 15) is 18.0 Å².